The van der Waals surface area contributed by atoms with Crippen molar-refractivity contribution >= 4 is 11.5 Å². The van der Waals surface area contributed by atoms with Crippen molar-refractivity contribution in [3.8, 4) is 17.2 Å². The topological polar surface area (TPSA) is 54.0 Å². The summed E-state index contributed by atoms with van der Waals surface area (Å²) in [5.41, 5.74) is 1.37. The average Bonchev–Trinajstić information content (AvgIpc) is 2.68. The van der Waals surface area contributed by atoms with Crippen LogP contribution in [0.2, 0.25) is 0 Å². The Morgan fingerprint density at radius 3 is 2.62 bits per heavy atom. The molecule has 3 aliphatic rings. The highest BCUT2D eigenvalue weighted by atomic mass is 16.7. The van der Waals surface area contributed by atoms with E-state index in [1.807, 2.05) is 26.8 Å². The molecule has 4 rings (SSSR count). The van der Waals surface area contributed by atoms with Crippen molar-refractivity contribution in [2.24, 2.45) is 0 Å². The fourth-order valence-corrected chi connectivity index (χ4v) is 2.90. The first-order chi connectivity index (χ1) is 9.93. The molecule has 0 radical (unpaired) electrons. The minimum absolute atomic E-state index is 0.0902. The predicted octanol–water partition coefficient (Wildman–Crippen LogP) is 2.68. The molecule has 3 heterocycles. The number of rotatable bonds is 0. The largest absolute Gasteiger partial charge is 0.489 e. The van der Waals surface area contributed by atoms with Crippen LogP contribution in [0.5, 0.6) is 17.2 Å². The highest BCUT2D eigenvalue weighted by Crippen LogP contribution is 2.47. The number of ether oxygens (including phenoxy) is 4. The van der Waals surface area contributed by atoms with Gasteiger partial charge in [0.2, 0.25) is 5.79 Å². The lowest BCUT2D eigenvalue weighted by Crippen LogP contribution is -2.29. The molecule has 0 saturated heterocycles. The van der Waals surface area contributed by atoms with Gasteiger partial charge in [-0.15, -0.1) is 0 Å². The first-order valence-electron chi connectivity index (χ1n) is 7.05. The van der Waals surface area contributed by atoms with E-state index in [1.165, 1.54) is 0 Å². The van der Waals surface area contributed by atoms with Crippen molar-refractivity contribution in [3.05, 3.63) is 23.3 Å². The Balaban J connectivity index is 1.84. The Morgan fingerprint density at radius 1 is 1.14 bits per heavy atom. The molecule has 1 aromatic rings. The van der Waals surface area contributed by atoms with Gasteiger partial charge in [-0.05, 0) is 13.0 Å². The molecule has 5 heteroatoms. The van der Waals surface area contributed by atoms with Gasteiger partial charge in [0.15, 0.2) is 17.3 Å². The van der Waals surface area contributed by atoms with E-state index in [2.05, 4.69) is 0 Å². The zero-order valence-corrected chi connectivity index (χ0v) is 12.2. The van der Waals surface area contributed by atoms with Crippen molar-refractivity contribution < 1.29 is 23.7 Å². The number of benzene rings is 1. The molecule has 0 N–H and O–H groups in total. The summed E-state index contributed by atoms with van der Waals surface area (Å²) in [4.78, 5) is 12.1. The normalized spacial score (nSPS) is 24.9. The summed E-state index contributed by atoms with van der Waals surface area (Å²) >= 11 is 0. The molecular formula is C16H16O5. The van der Waals surface area contributed by atoms with Crippen LogP contribution in [0.4, 0.5) is 0 Å². The quantitative estimate of drug-likeness (QED) is 0.734. The summed E-state index contributed by atoms with van der Waals surface area (Å²) in [5.74, 6) is 1.97. The molecule has 3 aliphatic heterocycles. The molecule has 0 bridgehead atoms. The summed E-state index contributed by atoms with van der Waals surface area (Å²) in [6.07, 6.45) is 0.277. The number of hydrogen-bond donors (Lipinski definition) is 0. The van der Waals surface area contributed by atoms with Crippen LogP contribution in [0.3, 0.4) is 0 Å². The molecule has 0 unspecified atom stereocenters. The Morgan fingerprint density at radius 2 is 1.86 bits per heavy atom. The van der Waals surface area contributed by atoms with Gasteiger partial charge in [-0.2, -0.15) is 0 Å². The summed E-state index contributed by atoms with van der Waals surface area (Å²) in [7, 11) is 0. The summed E-state index contributed by atoms with van der Waals surface area (Å²) in [5, 5.41) is 0. The molecule has 0 fully saturated rings. The number of ketones is 1. The van der Waals surface area contributed by atoms with Crippen LogP contribution in [0.1, 0.15) is 32.8 Å². The number of carbonyl (C=O) groups is 1. The van der Waals surface area contributed by atoms with Crippen LogP contribution in [0.15, 0.2) is 17.7 Å². The maximum Gasteiger partial charge on any atom is 0.246 e. The molecule has 0 spiro atoms. The zero-order chi connectivity index (χ0) is 14.8. The fourth-order valence-electron chi connectivity index (χ4n) is 2.90. The number of hydrogen-bond acceptors (Lipinski definition) is 5. The molecule has 1 atom stereocenters. The van der Waals surface area contributed by atoms with Crippen LogP contribution < -0.4 is 14.2 Å². The van der Waals surface area contributed by atoms with Gasteiger partial charge < -0.3 is 18.9 Å². The maximum absolute atomic E-state index is 12.1. The third kappa shape index (κ3) is 1.87. The van der Waals surface area contributed by atoms with Gasteiger partial charge in [-0.3, -0.25) is 4.79 Å². The second-order valence-electron chi connectivity index (χ2n) is 6.05. The van der Waals surface area contributed by atoms with E-state index in [1.54, 1.807) is 6.07 Å². The third-order valence-electron chi connectivity index (χ3n) is 3.78. The van der Waals surface area contributed by atoms with Crippen LogP contribution in [-0.2, 0) is 9.53 Å². The Labute approximate surface area is 122 Å². The van der Waals surface area contributed by atoms with Crippen molar-refractivity contribution in [2.45, 2.75) is 39.1 Å². The highest BCUT2D eigenvalue weighted by Gasteiger charge is 2.37. The first kappa shape index (κ1) is 12.6. The van der Waals surface area contributed by atoms with Crippen LogP contribution in [-0.4, -0.2) is 24.3 Å². The number of Topliss-reactive ketones (excluding diaryl/α,β-unsaturated/α-hetero) is 1. The molecule has 1 aromatic carbocycles. The van der Waals surface area contributed by atoms with E-state index in [-0.39, 0.29) is 18.5 Å². The van der Waals surface area contributed by atoms with Crippen molar-refractivity contribution in [2.75, 3.05) is 6.61 Å². The first-order valence-corrected chi connectivity index (χ1v) is 7.05. The van der Waals surface area contributed by atoms with E-state index in [0.29, 0.717) is 35.0 Å². The molecule has 0 aromatic heterocycles. The van der Waals surface area contributed by atoms with E-state index >= 15 is 0 Å². The minimum Gasteiger partial charge on any atom is -0.489 e. The number of fused-ring (bicyclic) bond motifs is 3. The monoisotopic (exact) mass is 288 g/mol. The standard InChI is InChI=1S/C16H16O5/c1-8-4-11(17)10-7-18-12-6-14-13(20-16(2,3)21-14)5-9(12)15(10)19-8/h5-6,8H,4,7H2,1-3H3/t8-/m0/s1. The van der Waals surface area contributed by atoms with Crippen molar-refractivity contribution in [3.63, 3.8) is 0 Å². The molecule has 0 amide bonds. The van der Waals surface area contributed by atoms with Gasteiger partial charge >= 0.3 is 0 Å². The van der Waals surface area contributed by atoms with Crippen molar-refractivity contribution in [1.82, 2.24) is 0 Å². The predicted molar refractivity (Wildman–Crippen MR) is 74.4 cm³/mol. The second kappa shape index (κ2) is 3.93. The van der Waals surface area contributed by atoms with E-state index in [0.717, 1.165) is 5.56 Å². The lowest BCUT2D eigenvalue weighted by atomic mass is 9.96. The zero-order valence-electron chi connectivity index (χ0n) is 12.2. The van der Waals surface area contributed by atoms with E-state index in [4.69, 9.17) is 18.9 Å². The summed E-state index contributed by atoms with van der Waals surface area (Å²) < 4.78 is 23.0. The van der Waals surface area contributed by atoms with Crippen LogP contribution in [0, 0.1) is 0 Å². The van der Waals surface area contributed by atoms with E-state index in [9.17, 15) is 4.79 Å². The maximum atomic E-state index is 12.1. The van der Waals surface area contributed by atoms with Gasteiger partial charge in [-0.25, -0.2) is 0 Å². The van der Waals surface area contributed by atoms with Gasteiger partial charge in [0.05, 0.1) is 11.1 Å². The summed E-state index contributed by atoms with van der Waals surface area (Å²) in [6.45, 7) is 5.84. The van der Waals surface area contributed by atoms with E-state index < -0.39 is 5.79 Å². The van der Waals surface area contributed by atoms with Gasteiger partial charge in [0.25, 0.3) is 0 Å². The third-order valence-corrected chi connectivity index (χ3v) is 3.78. The Bertz CT molecular complexity index is 686. The van der Waals surface area contributed by atoms with Crippen LogP contribution >= 0.6 is 0 Å². The Kier molecular flexibility index (Phi) is 2.35. The molecule has 0 saturated carbocycles. The average molecular weight is 288 g/mol. The Hall–Kier alpha value is -2.17. The smallest absolute Gasteiger partial charge is 0.246 e. The second-order valence-corrected chi connectivity index (χ2v) is 6.05. The lowest BCUT2D eigenvalue weighted by molar-refractivity contribution is -0.118. The molecule has 5 nitrogen and oxygen atoms in total. The van der Waals surface area contributed by atoms with Crippen LogP contribution in [0.25, 0.3) is 5.76 Å². The SMILES string of the molecule is C[C@H]1CC(=O)C2=C(O1)c1cc3c(cc1OC2)OC(C)(C)O3. The molecule has 21 heavy (non-hydrogen) atoms. The summed E-state index contributed by atoms with van der Waals surface area (Å²) in [6, 6.07) is 3.63. The lowest BCUT2D eigenvalue weighted by Gasteiger charge is -2.30. The van der Waals surface area contributed by atoms with Gasteiger partial charge in [0, 0.05) is 26.3 Å². The minimum atomic E-state index is -0.694. The highest BCUT2D eigenvalue weighted by molar-refractivity contribution is 6.04. The fraction of sp³-hybridized carbons (Fsp3) is 0.438. The molecular weight excluding hydrogens is 272 g/mol. The van der Waals surface area contributed by atoms with Crippen molar-refractivity contribution in [1.29, 1.82) is 0 Å². The van der Waals surface area contributed by atoms with Gasteiger partial charge in [0.1, 0.15) is 24.2 Å². The van der Waals surface area contributed by atoms with Gasteiger partial charge in [-0.1, -0.05) is 0 Å². The molecule has 0 aliphatic carbocycles. The molecule has 110 valence electrons. The number of carbonyl (C=O) groups excluding carboxylic acids is 1.